The average Bonchev–Trinajstić information content (AvgIpc) is 3.78. The van der Waals surface area contributed by atoms with Gasteiger partial charge in [-0.15, -0.1) is 48.1 Å². The van der Waals surface area contributed by atoms with Crippen molar-refractivity contribution in [3.8, 4) is 17.3 Å². The molecule has 0 saturated heterocycles. The third kappa shape index (κ3) is 8.22. The minimum absolute atomic E-state index is 0. The van der Waals surface area contributed by atoms with Crippen LogP contribution in [0.5, 0.6) is 11.5 Å². The van der Waals surface area contributed by atoms with Crippen molar-refractivity contribution in [1.82, 2.24) is 9.55 Å². The van der Waals surface area contributed by atoms with Crippen LogP contribution in [-0.4, -0.2) is 9.55 Å². The maximum Gasteiger partial charge on any atom is 0.135 e. The van der Waals surface area contributed by atoms with Gasteiger partial charge in [0.25, 0.3) is 0 Å². The minimum atomic E-state index is -0.137. The molecule has 0 unspecified atom stereocenters. The molecule has 6 heteroatoms. The van der Waals surface area contributed by atoms with E-state index in [-0.39, 0.29) is 42.7 Å². The van der Waals surface area contributed by atoms with Gasteiger partial charge in [-0.1, -0.05) is 142 Å². The predicted octanol–water partition coefficient (Wildman–Crippen LogP) is 15.2. The smallest absolute Gasteiger partial charge is 0.135 e. The Balaban J connectivity index is 0.00000544. The summed E-state index contributed by atoms with van der Waals surface area (Å²) in [5.74, 6) is 2.08. The molecule has 3 heterocycles. The van der Waals surface area contributed by atoms with Gasteiger partial charge >= 0.3 is 0 Å². The van der Waals surface area contributed by atoms with Crippen molar-refractivity contribution in [2.24, 2.45) is 0 Å². The maximum absolute atomic E-state index is 6.68. The summed E-state index contributed by atoms with van der Waals surface area (Å²) in [5.41, 5.74) is 12.4. The molecule has 1 aliphatic rings. The van der Waals surface area contributed by atoms with Crippen LogP contribution in [0.3, 0.4) is 0 Å². The van der Waals surface area contributed by atoms with Gasteiger partial charge in [0.15, 0.2) is 0 Å². The Morgan fingerprint density at radius 2 is 1.14 bits per heavy atom. The summed E-state index contributed by atoms with van der Waals surface area (Å²) in [5, 5.41) is 2.24. The van der Waals surface area contributed by atoms with E-state index >= 15 is 0 Å². The number of fused-ring (bicyclic) bond motifs is 4. The molecule has 2 aromatic heterocycles. The fourth-order valence-corrected chi connectivity index (χ4v) is 8.84. The Morgan fingerprint density at radius 1 is 0.524 bits per heavy atom. The third-order valence-electron chi connectivity index (χ3n) is 12.5. The van der Waals surface area contributed by atoms with Crippen LogP contribution in [0.4, 0.5) is 22.7 Å². The van der Waals surface area contributed by atoms with Gasteiger partial charge in [-0.25, -0.2) is 4.98 Å². The van der Waals surface area contributed by atoms with Crippen molar-refractivity contribution in [3.63, 3.8) is 0 Å². The summed E-state index contributed by atoms with van der Waals surface area (Å²) in [6.45, 7) is 27.3. The van der Waals surface area contributed by atoms with Crippen LogP contribution in [0, 0.1) is 18.8 Å². The van der Waals surface area contributed by atoms with Crippen LogP contribution in [0.25, 0.3) is 27.6 Å². The van der Waals surface area contributed by atoms with Crippen LogP contribution >= 0.6 is 0 Å². The molecule has 0 amide bonds. The number of hydrogen-bond donors (Lipinski definition) is 0. The summed E-state index contributed by atoms with van der Waals surface area (Å²) >= 11 is 0. The van der Waals surface area contributed by atoms with E-state index in [4.69, 9.17) is 9.72 Å². The molecule has 0 spiro atoms. The second-order valence-electron chi connectivity index (χ2n) is 20.4. The summed E-state index contributed by atoms with van der Waals surface area (Å²) < 4.78 is 8.88. The molecule has 0 N–H and O–H groups in total. The average molecular weight is 1010 g/mol. The summed E-state index contributed by atoms with van der Waals surface area (Å²) in [7, 11) is 0. The number of para-hydroxylation sites is 1. The molecule has 0 radical (unpaired) electrons. The largest absolute Gasteiger partial charge is 0.509 e. The Bertz CT molecular complexity index is 2940. The van der Waals surface area contributed by atoms with Gasteiger partial charge in [0.1, 0.15) is 5.82 Å². The van der Waals surface area contributed by atoms with E-state index in [0.717, 1.165) is 50.4 Å². The quantitative estimate of drug-likeness (QED) is 0.149. The molecule has 0 atom stereocenters. The van der Waals surface area contributed by atoms with Crippen molar-refractivity contribution in [2.45, 2.75) is 97.8 Å². The molecule has 5 nitrogen and oxygen atoms in total. The number of anilines is 4. The number of ether oxygens (including phenoxy) is 1. The number of pyridine rings is 1. The molecule has 0 aliphatic carbocycles. The zero-order chi connectivity index (χ0) is 43.8. The van der Waals surface area contributed by atoms with Gasteiger partial charge in [0.05, 0.1) is 0 Å². The zero-order valence-corrected chi connectivity index (χ0v) is 40.6. The molecule has 0 fully saturated rings. The topological polar surface area (TPSA) is 33.5 Å². The van der Waals surface area contributed by atoms with Crippen LogP contribution in [0.15, 0.2) is 140 Å². The van der Waals surface area contributed by atoms with Crippen molar-refractivity contribution < 1.29 is 25.8 Å². The van der Waals surface area contributed by atoms with Crippen LogP contribution < -0.4 is 14.5 Å². The van der Waals surface area contributed by atoms with Crippen molar-refractivity contribution in [2.75, 3.05) is 9.80 Å². The van der Waals surface area contributed by atoms with Crippen molar-refractivity contribution >= 4 is 44.6 Å². The second kappa shape index (κ2) is 16.2. The first-order valence-corrected chi connectivity index (χ1v) is 21.8. The van der Waals surface area contributed by atoms with Gasteiger partial charge in [-0.3, -0.25) is 0 Å². The number of rotatable bonds is 7. The van der Waals surface area contributed by atoms with E-state index in [2.05, 4.69) is 225 Å². The molecule has 6 aromatic carbocycles. The van der Waals surface area contributed by atoms with Crippen LogP contribution in [0.1, 0.15) is 104 Å². The normalized spacial score (nSPS) is 13.4. The Morgan fingerprint density at radius 3 is 1.81 bits per heavy atom. The minimum Gasteiger partial charge on any atom is -0.509 e. The van der Waals surface area contributed by atoms with E-state index in [9.17, 15) is 0 Å². The zero-order valence-electron chi connectivity index (χ0n) is 38.4. The van der Waals surface area contributed by atoms with E-state index in [0.29, 0.717) is 11.5 Å². The van der Waals surface area contributed by atoms with E-state index in [1.54, 1.807) is 0 Å². The summed E-state index contributed by atoms with van der Waals surface area (Å²) in [4.78, 5) is 9.44. The predicted molar refractivity (Wildman–Crippen MR) is 259 cm³/mol. The number of benzene rings is 6. The van der Waals surface area contributed by atoms with Gasteiger partial charge in [-0.2, -0.15) is 12.1 Å². The summed E-state index contributed by atoms with van der Waals surface area (Å²) in [6, 6.07) is 54.9. The van der Waals surface area contributed by atoms with Crippen LogP contribution in [0.2, 0.25) is 0 Å². The molecular weight excluding hydrogens is 952 g/mol. The maximum atomic E-state index is 6.68. The summed E-state index contributed by atoms with van der Waals surface area (Å²) in [6.07, 6.45) is 1.90. The standard InChI is InChI=1S/C57H57N4O.Pt/c1-54(2,3)40-30-31-58-53(32-40)61-49-23-16-15-22-45(49)46-29-28-44(34-50(46)61)62-43-21-17-20-42(33-43)60-37-59(51-35-47(55(4,5)6)48(36-52(51)60)56(7,8)9)41-26-24-39(25-27-41)57(10,11)38-18-13-12-14-19-38;/h12-32,35-37H,1-11H3;/q-3;. The van der Waals surface area contributed by atoms with Gasteiger partial charge in [-0.05, 0) is 91.9 Å². The molecular formula is C57H57N4OPt-3. The fraction of sp³-hybridized carbons (Fsp3) is 0.263. The molecule has 0 bridgehead atoms. The molecule has 324 valence electrons. The van der Waals surface area contributed by atoms with E-state index < -0.39 is 0 Å². The van der Waals surface area contributed by atoms with Gasteiger partial charge in [0.2, 0.25) is 0 Å². The molecule has 63 heavy (non-hydrogen) atoms. The molecule has 1 aliphatic heterocycles. The molecule has 9 rings (SSSR count). The first-order valence-electron chi connectivity index (χ1n) is 21.8. The fourth-order valence-electron chi connectivity index (χ4n) is 8.84. The van der Waals surface area contributed by atoms with Crippen molar-refractivity contribution in [1.29, 1.82) is 0 Å². The van der Waals surface area contributed by atoms with E-state index in [1.807, 2.05) is 24.4 Å². The second-order valence-corrected chi connectivity index (χ2v) is 20.4. The molecule has 0 saturated carbocycles. The monoisotopic (exact) mass is 1010 g/mol. The van der Waals surface area contributed by atoms with Gasteiger partial charge < -0.3 is 19.1 Å². The Kier molecular flexibility index (Phi) is 11.3. The molecule has 8 aromatic rings. The Hall–Kier alpha value is -5.64. The van der Waals surface area contributed by atoms with E-state index in [1.165, 1.54) is 27.8 Å². The van der Waals surface area contributed by atoms with Crippen LogP contribution in [-0.2, 0) is 42.7 Å². The SMILES string of the molecule is CC(C)(C)c1ccnc(-n2c3[c-]c(Oc4[c-]c(N5[CH-]N(c6ccc(C(C)(C)c7ccccc7)cc6)c6cc(C(C)(C)C)c(C(C)(C)C)cc65)ccc4)ccc3c3ccccc32)c1.[Pt]. The third-order valence-corrected chi connectivity index (χ3v) is 12.5. The van der Waals surface area contributed by atoms with Gasteiger partial charge in [0, 0.05) is 66.8 Å². The first-order chi connectivity index (χ1) is 29.4. The Labute approximate surface area is 389 Å². The number of hydrogen-bond acceptors (Lipinski definition) is 4. The first kappa shape index (κ1) is 44.0. The number of aromatic nitrogens is 2. The number of nitrogens with zero attached hydrogens (tertiary/aromatic N) is 4. The van der Waals surface area contributed by atoms with Crippen molar-refractivity contribution in [3.05, 3.63) is 186 Å².